The van der Waals surface area contributed by atoms with Crippen molar-refractivity contribution in [2.75, 3.05) is 6.61 Å². The number of aliphatic carboxylic acids is 1. The smallest absolute Gasteiger partial charge is 0.349 e. The number of rotatable bonds is 7. The van der Waals surface area contributed by atoms with Crippen LogP contribution in [0, 0.1) is 0 Å². The molecule has 0 amide bonds. The summed E-state index contributed by atoms with van der Waals surface area (Å²) in [7, 11) is 0. The van der Waals surface area contributed by atoms with Crippen LogP contribution >= 0.6 is 0 Å². The zero-order valence-corrected chi connectivity index (χ0v) is 16.8. The van der Waals surface area contributed by atoms with Crippen LogP contribution in [0.25, 0.3) is 22.3 Å². The number of esters is 1. The minimum absolute atomic E-state index is 0.213. The van der Waals surface area contributed by atoms with Gasteiger partial charge in [-0.1, -0.05) is 60.7 Å². The molecule has 1 aromatic heterocycles. The van der Waals surface area contributed by atoms with Crippen LogP contribution in [0.4, 0.5) is 0 Å². The second kappa shape index (κ2) is 8.75. The van der Waals surface area contributed by atoms with E-state index >= 15 is 0 Å². The van der Waals surface area contributed by atoms with Crippen molar-refractivity contribution in [1.29, 1.82) is 0 Å². The topological polar surface area (TPSA) is 86.0 Å². The first-order valence-corrected chi connectivity index (χ1v) is 9.82. The predicted octanol–water partition coefficient (Wildman–Crippen LogP) is 5.48. The maximum atomic E-state index is 12.8. The fraction of sp³-hybridized carbons (Fsp3) is 0.120. The molecule has 0 aliphatic heterocycles. The molecule has 156 valence electrons. The van der Waals surface area contributed by atoms with Crippen LogP contribution in [0.3, 0.4) is 0 Å². The molecule has 4 rings (SSSR count). The SMILES string of the molecule is CCOC(=O)c1c(-c2ccccc2)oc2ccc(O[C@H](C(=O)O)c3ccccc3)cc12. The van der Waals surface area contributed by atoms with Crippen molar-refractivity contribution in [1.82, 2.24) is 0 Å². The maximum absolute atomic E-state index is 12.8. The minimum atomic E-state index is -1.19. The van der Waals surface area contributed by atoms with E-state index in [1.807, 2.05) is 30.3 Å². The lowest BCUT2D eigenvalue weighted by molar-refractivity contribution is -0.145. The molecular weight excluding hydrogens is 396 g/mol. The Labute approximate surface area is 178 Å². The van der Waals surface area contributed by atoms with E-state index in [1.54, 1.807) is 55.5 Å². The van der Waals surface area contributed by atoms with Gasteiger partial charge in [-0.05, 0) is 25.1 Å². The van der Waals surface area contributed by atoms with Gasteiger partial charge in [0.2, 0.25) is 6.10 Å². The molecular formula is C25H20O6. The first-order valence-electron chi connectivity index (χ1n) is 9.82. The van der Waals surface area contributed by atoms with E-state index in [0.29, 0.717) is 28.0 Å². The van der Waals surface area contributed by atoms with Crippen molar-refractivity contribution >= 4 is 22.9 Å². The molecule has 0 unspecified atom stereocenters. The summed E-state index contributed by atoms with van der Waals surface area (Å²) in [6.07, 6.45) is -1.19. The Bertz CT molecular complexity index is 1210. The Morgan fingerprint density at radius 2 is 1.65 bits per heavy atom. The van der Waals surface area contributed by atoms with E-state index < -0.39 is 18.0 Å². The van der Waals surface area contributed by atoms with Crippen molar-refractivity contribution in [3.8, 4) is 17.1 Å². The van der Waals surface area contributed by atoms with Gasteiger partial charge in [0.25, 0.3) is 0 Å². The van der Waals surface area contributed by atoms with E-state index in [0.717, 1.165) is 5.56 Å². The summed E-state index contributed by atoms with van der Waals surface area (Å²) < 4.78 is 17.0. The second-order valence-corrected chi connectivity index (χ2v) is 6.80. The number of benzene rings is 3. The van der Waals surface area contributed by atoms with Gasteiger partial charge in [-0.25, -0.2) is 9.59 Å². The number of hydrogen-bond acceptors (Lipinski definition) is 5. The fourth-order valence-electron chi connectivity index (χ4n) is 3.37. The van der Waals surface area contributed by atoms with Gasteiger partial charge < -0.3 is 19.0 Å². The van der Waals surface area contributed by atoms with Crippen LogP contribution in [0.2, 0.25) is 0 Å². The summed E-state index contributed by atoms with van der Waals surface area (Å²) in [5.41, 5.74) is 2.00. The van der Waals surface area contributed by atoms with Crippen LogP contribution in [-0.4, -0.2) is 23.7 Å². The van der Waals surface area contributed by atoms with Gasteiger partial charge in [0.05, 0.1) is 6.61 Å². The van der Waals surface area contributed by atoms with Gasteiger partial charge in [0.1, 0.15) is 22.7 Å². The number of carbonyl (C=O) groups excluding carboxylic acids is 1. The van der Waals surface area contributed by atoms with E-state index in [2.05, 4.69) is 0 Å². The molecule has 0 spiro atoms. The van der Waals surface area contributed by atoms with Crippen LogP contribution in [0.5, 0.6) is 5.75 Å². The van der Waals surface area contributed by atoms with Crippen LogP contribution in [0.1, 0.15) is 28.9 Å². The first kappa shape index (κ1) is 20.2. The van der Waals surface area contributed by atoms with Crippen LogP contribution in [-0.2, 0) is 9.53 Å². The number of carboxylic acid groups (broad SMARTS) is 1. The summed E-state index contributed by atoms with van der Waals surface area (Å²) in [5.74, 6) is -0.942. The number of fused-ring (bicyclic) bond motifs is 1. The Morgan fingerprint density at radius 1 is 0.968 bits per heavy atom. The number of ether oxygens (including phenoxy) is 2. The quantitative estimate of drug-likeness (QED) is 0.402. The highest BCUT2D eigenvalue weighted by molar-refractivity contribution is 6.09. The van der Waals surface area contributed by atoms with Gasteiger partial charge in [0, 0.05) is 16.5 Å². The van der Waals surface area contributed by atoms with Crippen LogP contribution in [0.15, 0.2) is 83.3 Å². The highest BCUT2D eigenvalue weighted by Gasteiger charge is 2.25. The third-order valence-electron chi connectivity index (χ3n) is 4.76. The molecule has 1 N–H and O–H groups in total. The summed E-state index contributed by atoms with van der Waals surface area (Å²) in [5, 5.41) is 10.1. The minimum Gasteiger partial charge on any atom is -0.478 e. The Hall–Kier alpha value is -4.06. The van der Waals surface area contributed by atoms with Crippen LogP contribution < -0.4 is 4.74 Å². The highest BCUT2D eigenvalue weighted by Crippen LogP contribution is 2.37. The van der Waals surface area contributed by atoms with Gasteiger partial charge >= 0.3 is 11.9 Å². The lowest BCUT2D eigenvalue weighted by atomic mass is 10.1. The van der Waals surface area contributed by atoms with Crippen molar-refractivity contribution in [2.45, 2.75) is 13.0 Å². The molecule has 0 radical (unpaired) electrons. The monoisotopic (exact) mass is 416 g/mol. The van der Waals surface area contributed by atoms with Gasteiger partial charge in [-0.15, -0.1) is 0 Å². The standard InChI is InChI=1S/C25H20O6/c1-2-29-25(28)21-19-15-18(30-23(24(26)27)17-11-7-4-8-12-17)13-14-20(19)31-22(21)16-9-5-3-6-10-16/h3-15,23H,2H2,1H3,(H,26,27)/t23-/m0/s1. The maximum Gasteiger partial charge on any atom is 0.349 e. The third kappa shape index (κ3) is 4.14. The third-order valence-corrected chi connectivity index (χ3v) is 4.76. The molecule has 6 nitrogen and oxygen atoms in total. The summed E-state index contributed by atoms with van der Waals surface area (Å²) in [6.45, 7) is 1.94. The fourth-order valence-corrected chi connectivity index (χ4v) is 3.37. The molecule has 0 saturated heterocycles. The number of carboxylic acids is 1. The highest BCUT2D eigenvalue weighted by atomic mass is 16.5. The summed E-state index contributed by atoms with van der Waals surface area (Å²) in [6, 6.07) is 22.8. The molecule has 1 atom stereocenters. The molecule has 1 heterocycles. The van der Waals surface area contributed by atoms with Crippen molar-refractivity contribution < 1.29 is 28.6 Å². The zero-order chi connectivity index (χ0) is 21.8. The number of carbonyl (C=O) groups is 2. The van der Waals surface area contributed by atoms with E-state index in [1.165, 1.54) is 0 Å². The molecule has 0 fully saturated rings. The molecule has 4 aromatic rings. The zero-order valence-electron chi connectivity index (χ0n) is 16.8. The second-order valence-electron chi connectivity index (χ2n) is 6.80. The summed E-state index contributed by atoms with van der Waals surface area (Å²) in [4.78, 5) is 24.6. The normalized spacial score (nSPS) is 11.8. The number of hydrogen-bond donors (Lipinski definition) is 1. The Morgan fingerprint density at radius 3 is 2.29 bits per heavy atom. The largest absolute Gasteiger partial charge is 0.478 e. The summed E-state index contributed by atoms with van der Waals surface area (Å²) >= 11 is 0. The van der Waals surface area contributed by atoms with Crippen molar-refractivity contribution in [3.05, 3.63) is 90.0 Å². The molecule has 0 bridgehead atoms. The first-order chi connectivity index (χ1) is 15.1. The molecule has 0 aliphatic carbocycles. The predicted molar refractivity (Wildman–Crippen MR) is 115 cm³/mol. The molecule has 0 saturated carbocycles. The van der Waals surface area contributed by atoms with Crippen molar-refractivity contribution in [3.63, 3.8) is 0 Å². The Kier molecular flexibility index (Phi) is 5.71. The lowest BCUT2D eigenvalue weighted by Gasteiger charge is -2.15. The molecule has 0 aliphatic rings. The molecule has 3 aromatic carbocycles. The van der Waals surface area contributed by atoms with Gasteiger partial charge in [-0.3, -0.25) is 0 Å². The lowest BCUT2D eigenvalue weighted by Crippen LogP contribution is -2.18. The average Bonchev–Trinajstić information content (AvgIpc) is 3.17. The van der Waals surface area contributed by atoms with E-state index in [9.17, 15) is 14.7 Å². The molecule has 31 heavy (non-hydrogen) atoms. The van der Waals surface area contributed by atoms with Crippen molar-refractivity contribution in [2.24, 2.45) is 0 Å². The van der Waals surface area contributed by atoms with Gasteiger partial charge in [0.15, 0.2) is 0 Å². The van der Waals surface area contributed by atoms with Gasteiger partial charge in [-0.2, -0.15) is 0 Å². The number of furan rings is 1. The molecule has 6 heteroatoms. The van der Waals surface area contributed by atoms with E-state index in [-0.39, 0.29) is 12.2 Å². The Balaban J connectivity index is 1.80. The van der Waals surface area contributed by atoms with E-state index in [4.69, 9.17) is 13.9 Å². The average molecular weight is 416 g/mol.